The molecule has 0 bridgehead atoms. The van der Waals surface area contributed by atoms with Gasteiger partial charge in [0.2, 0.25) is 0 Å². The largest absolute Gasteiger partial charge is 0.456 e. The Bertz CT molecular complexity index is 439. The summed E-state index contributed by atoms with van der Waals surface area (Å²) in [5, 5.41) is -0.779. The fourth-order valence-corrected chi connectivity index (χ4v) is 7.91. The lowest BCUT2D eigenvalue weighted by Crippen LogP contribution is -2.72. The predicted molar refractivity (Wildman–Crippen MR) is 96.9 cm³/mol. The second kappa shape index (κ2) is 9.51. The maximum atomic E-state index is 12.2. The molecule has 5 nitrogen and oxygen atoms in total. The Morgan fingerprint density at radius 2 is 1.88 bits per heavy atom. The number of rotatable bonds is 10. The molecule has 1 heterocycles. The normalized spacial score (nSPS) is 25.9. The first-order valence-corrected chi connectivity index (χ1v) is 10.8. The second-order valence-corrected chi connectivity index (χ2v) is 9.43. The van der Waals surface area contributed by atoms with E-state index in [9.17, 15) is 4.79 Å². The van der Waals surface area contributed by atoms with Crippen LogP contribution in [0.5, 0.6) is 0 Å². The summed E-state index contributed by atoms with van der Waals surface area (Å²) in [6, 6.07) is 0.823. The average Bonchev–Trinajstić information content (AvgIpc) is 2.52. The molecule has 0 N–H and O–H groups in total. The van der Waals surface area contributed by atoms with Crippen molar-refractivity contribution in [2.45, 2.75) is 64.3 Å². The summed E-state index contributed by atoms with van der Waals surface area (Å²) < 4.78 is 24.5. The molecule has 1 aliphatic heterocycles. The molecule has 1 aliphatic rings. The van der Waals surface area contributed by atoms with Crippen molar-refractivity contribution in [2.24, 2.45) is 0 Å². The lowest BCUT2D eigenvalue weighted by molar-refractivity contribution is -0.166. The van der Waals surface area contributed by atoms with Crippen LogP contribution in [-0.2, 0) is 23.1 Å². The summed E-state index contributed by atoms with van der Waals surface area (Å²) in [7, 11) is -2.77. The molecule has 0 aromatic rings. The molecular formula is C18H32O5Si. The lowest BCUT2D eigenvalue weighted by atomic mass is 10.0. The van der Waals surface area contributed by atoms with Crippen LogP contribution in [0.2, 0.25) is 6.04 Å². The van der Waals surface area contributed by atoms with Gasteiger partial charge in [-0.1, -0.05) is 12.7 Å². The van der Waals surface area contributed by atoms with Gasteiger partial charge in [-0.2, -0.15) is 0 Å². The summed E-state index contributed by atoms with van der Waals surface area (Å²) in [5.74, 6) is -0.397. The number of carbonyl (C=O) groups excluding carboxylic acids is 1. The lowest BCUT2D eigenvalue weighted by Gasteiger charge is -2.52. The van der Waals surface area contributed by atoms with E-state index in [-0.39, 0.29) is 0 Å². The van der Waals surface area contributed by atoms with Crippen LogP contribution in [0.25, 0.3) is 0 Å². The average molecular weight is 357 g/mol. The molecule has 0 aromatic carbocycles. The fraction of sp³-hybridized carbons (Fsp3) is 0.722. The number of carbonyl (C=O) groups is 1. The minimum absolute atomic E-state index is 0.379. The minimum atomic E-state index is -2.77. The molecule has 138 valence electrons. The van der Waals surface area contributed by atoms with Gasteiger partial charge in [0.15, 0.2) is 5.22 Å². The molecule has 2 unspecified atom stereocenters. The number of ether oxygens (including phenoxy) is 2. The van der Waals surface area contributed by atoms with Crippen molar-refractivity contribution in [3.8, 4) is 0 Å². The molecule has 6 heteroatoms. The SMILES string of the molecule is C=CCC1(OCC)C(OC(=O)C(=C)C)CCC[Si]1(OCC)OCC. The van der Waals surface area contributed by atoms with Crippen molar-refractivity contribution in [3.05, 3.63) is 24.8 Å². The molecule has 0 radical (unpaired) electrons. The van der Waals surface area contributed by atoms with Crippen molar-refractivity contribution in [1.82, 2.24) is 0 Å². The van der Waals surface area contributed by atoms with Crippen LogP contribution in [0.3, 0.4) is 0 Å². The van der Waals surface area contributed by atoms with Crippen LogP contribution in [0.1, 0.15) is 47.0 Å². The smallest absolute Gasteiger partial charge is 0.375 e. The van der Waals surface area contributed by atoms with Gasteiger partial charge in [-0.3, -0.25) is 0 Å². The molecule has 1 fully saturated rings. The topological polar surface area (TPSA) is 54.0 Å². The summed E-state index contributed by atoms with van der Waals surface area (Å²) in [5.41, 5.74) is 0.379. The van der Waals surface area contributed by atoms with Crippen molar-refractivity contribution in [3.63, 3.8) is 0 Å². The van der Waals surface area contributed by atoms with Crippen LogP contribution in [0, 0.1) is 0 Å². The number of hydrogen-bond donors (Lipinski definition) is 0. The first-order chi connectivity index (χ1) is 11.4. The van der Waals surface area contributed by atoms with Crippen LogP contribution in [-0.4, -0.2) is 45.7 Å². The highest BCUT2D eigenvalue weighted by Crippen LogP contribution is 2.45. The van der Waals surface area contributed by atoms with Crippen molar-refractivity contribution in [1.29, 1.82) is 0 Å². The monoisotopic (exact) mass is 356 g/mol. The van der Waals surface area contributed by atoms with Crippen molar-refractivity contribution < 1.29 is 23.1 Å². The number of hydrogen-bond acceptors (Lipinski definition) is 5. The standard InChI is InChI=1S/C18H32O5Si/c1-7-13-18(20-8-2)16(23-17(19)15(5)6)12-11-14-24(18,21-9-3)22-10-4/h7,16H,1,5,8-14H2,2-4,6H3. The van der Waals surface area contributed by atoms with E-state index in [0.29, 0.717) is 31.8 Å². The fourth-order valence-electron chi connectivity index (χ4n) is 3.51. The van der Waals surface area contributed by atoms with Gasteiger partial charge in [-0.15, -0.1) is 6.58 Å². The van der Waals surface area contributed by atoms with Gasteiger partial charge in [0.05, 0.1) is 0 Å². The van der Waals surface area contributed by atoms with Gasteiger partial charge in [-0.05, 0) is 53.0 Å². The Labute approximate surface area is 147 Å². The second-order valence-electron chi connectivity index (χ2n) is 6.00. The van der Waals surface area contributed by atoms with E-state index in [1.54, 1.807) is 6.92 Å². The zero-order chi connectivity index (χ0) is 18.2. The zero-order valence-corrected chi connectivity index (χ0v) is 16.6. The highest BCUT2D eigenvalue weighted by Gasteiger charge is 2.65. The van der Waals surface area contributed by atoms with Gasteiger partial charge in [0.25, 0.3) is 0 Å². The van der Waals surface area contributed by atoms with Gasteiger partial charge < -0.3 is 18.3 Å². The van der Waals surface area contributed by atoms with Crippen molar-refractivity contribution in [2.75, 3.05) is 19.8 Å². The quantitative estimate of drug-likeness (QED) is 0.259. The van der Waals surface area contributed by atoms with Crippen LogP contribution in [0.4, 0.5) is 0 Å². The summed E-state index contributed by atoms with van der Waals surface area (Å²) in [6.07, 6.45) is 3.52. The van der Waals surface area contributed by atoms with Gasteiger partial charge in [0, 0.05) is 25.4 Å². The third-order valence-corrected chi connectivity index (χ3v) is 8.82. The molecule has 1 saturated heterocycles. The molecule has 1 rings (SSSR count). The third kappa shape index (κ3) is 4.17. The molecule has 0 aromatic heterocycles. The summed E-state index contributed by atoms with van der Waals surface area (Å²) in [6.45, 7) is 16.7. The first kappa shape index (κ1) is 21.1. The Morgan fingerprint density at radius 1 is 1.25 bits per heavy atom. The van der Waals surface area contributed by atoms with E-state index in [2.05, 4.69) is 13.2 Å². The van der Waals surface area contributed by atoms with E-state index in [1.165, 1.54) is 0 Å². The van der Waals surface area contributed by atoms with Crippen LogP contribution >= 0.6 is 0 Å². The van der Waals surface area contributed by atoms with E-state index >= 15 is 0 Å². The molecule has 0 spiro atoms. The first-order valence-electron chi connectivity index (χ1n) is 8.82. The van der Waals surface area contributed by atoms with E-state index in [4.69, 9.17) is 18.3 Å². The predicted octanol–water partition coefficient (Wildman–Crippen LogP) is 3.67. The Balaban J connectivity index is 3.36. The van der Waals surface area contributed by atoms with E-state index in [0.717, 1.165) is 18.9 Å². The highest BCUT2D eigenvalue weighted by molar-refractivity contribution is 6.71. The van der Waals surface area contributed by atoms with Gasteiger partial charge in [0.1, 0.15) is 6.10 Å². The van der Waals surface area contributed by atoms with Gasteiger partial charge in [-0.25, -0.2) is 4.79 Å². The maximum absolute atomic E-state index is 12.2. The zero-order valence-electron chi connectivity index (χ0n) is 15.6. The third-order valence-electron chi connectivity index (χ3n) is 4.34. The maximum Gasteiger partial charge on any atom is 0.375 e. The van der Waals surface area contributed by atoms with E-state index < -0.39 is 25.9 Å². The molecular weight excluding hydrogens is 324 g/mol. The Kier molecular flexibility index (Phi) is 8.36. The highest BCUT2D eigenvalue weighted by atomic mass is 28.4. The molecule has 2 atom stereocenters. The van der Waals surface area contributed by atoms with Crippen LogP contribution < -0.4 is 0 Å². The summed E-state index contributed by atoms with van der Waals surface area (Å²) >= 11 is 0. The van der Waals surface area contributed by atoms with Gasteiger partial charge >= 0.3 is 14.5 Å². The molecule has 0 aliphatic carbocycles. The van der Waals surface area contributed by atoms with Crippen molar-refractivity contribution >= 4 is 14.5 Å². The molecule has 24 heavy (non-hydrogen) atoms. The van der Waals surface area contributed by atoms with E-state index in [1.807, 2.05) is 26.8 Å². The Hall–Kier alpha value is -0.953. The summed E-state index contributed by atoms with van der Waals surface area (Å²) in [4.78, 5) is 12.2. The molecule has 0 amide bonds. The Morgan fingerprint density at radius 3 is 2.33 bits per heavy atom. The van der Waals surface area contributed by atoms with Crippen LogP contribution in [0.15, 0.2) is 24.8 Å². The minimum Gasteiger partial charge on any atom is -0.456 e. The number of esters is 1. The molecule has 0 saturated carbocycles.